The quantitative estimate of drug-likeness (QED) is 0.751. The third-order valence-electron chi connectivity index (χ3n) is 6.18. The first-order valence-corrected chi connectivity index (χ1v) is 9.63. The first kappa shape index (κ1) is 18.8. The van der Waals surface area contributed by atoms with Crippen molar-refractivity contribution in [1.82, 2.24) is 9.24 Å². The maximum Gasteiger partial charge on any atom is 0.350 e. The molecule has 1 aliphatic heterocycles. The van der Waals surface area contributed by atoms with Crippen molar-refractivity contribution in [2.75, 3.05) is 24.4 Å². The van der Waals surface area contributed by atoms with Crippen molar-refractivity contribution in [3.05, 3.63) is 32.7 Å². The number of rotatable bonds is 4. The number of hydrogen-bond acceptors (Lipinski definition) is 6. The Labute approximate surface area is 161 Å². The largest absolute Gasteiger partial charge is 0.492 e. The van der Waals surface area contributed by atoms with Crippen LogP contribution in [0.5, 0.6) is 5.75 Å². The van der Waals surface area contributed by atoms with E-state index in [4.69, 9.17) is 16.3 Å². The second-order valence-electron chi connectivity index (χ2n) is 7.94. The molecular weight excluding hydrogens is 365 g/mol. The van der Waals surface area contributed by atoms with E-state index in [1.54, 1.807) is 0 Å². The molecule has 0 spiro atoms. The van der Waals surface area contributed by atoms with Gasteiger partial charge in [0.05, 0.1) is 12.5 Å². The summed E-state index contributed by atoms with van der Waals surface area (Å²) in [4.78, 5) is 27.2. The number of nitrogen functional groups attached to an aromatic ring is 1. The molecule has 1 aromatic carbocycles. The predicted octanol–water partition coefficient (Wildman–Crippen LogP) is 0.922. The zero-order valence-electron chi connectivity index (χ0n) is 16.3. The summed E-state index contributed by atoms with van der Waals surface area (Å²) in [6, 6.07) is 1.08. The minimum absolute atomic E-state index is 0.00294. The fraction of sp³-hybridized carbons (Fsp3) is 0.579. The van der Waals surface area contributed by atoms with Gasteiger partial charge >= 0.3 is 5.69 Å². The van der Waals surface area contributed by atoms with Gasteiger partial charge in [0.1, 0.15) is 11.2 Å². The number of halogens is 1. The van der Waals surface area contributed by atoms with E-state index in [2.05, 4.69) is 0 Å². The van der Waals surface area contributed by atoms with Gasteiger partial charge in [-0.25, -0.2) is 9.18 Å². The molecule has 2 aromatic rings. The lowest BCUT2D eigenvalue weighted by molar-refractivity contribution is 0.403. The van der Waals surface area contributed by atoms with Crippen molar-refractivity contribution >= 4 is 16.6 Å². The molecule has 2 aliphatic rings. The molecule has 3 atom stereocenters. The van der Waals surface area contributed by atoms with Gasteiger partial charge in [0.15, 0.2) is 11.6 Å². The van der Waals surface area contributed by atoms with Crippen LogP contribution in [0.1, 0.15) is 39.2 Å². The van der Waals surface area contributed by atoms with Crippen LogP contribution in [0.2, 0.25) is 0 Å². The fourth-order valence-corrected chi connectivity index (χ4v) is 4.55. The molecule has 1 saturated heterocycles. The fourth-order valence-electron chi connectivity index (χ4n) is 4.55. The van der Waals surface area contributed by atoms with E-state index in [9.17, 15) is 9.59 Å². The van der Waals surface area contributed by atoms with Gasteiger partial charge in [-0.1, -0.05) is 0 Å². The van der Waals surface area contributed by atoms with E-state index in [1.165, 1.54) is 17.7 Å². The summed E-state index contributed by atoms with van der Waals surface area (Å²) in [6.07, 6.45) is 2.44. The molecule has 1 saturated carbocycles. The summed E-state index contributed by atoms with van der Waals surface area (Å²) in [5, 5.41) is 0.0442. The maximum atomic E-state index is 15.3. The molecule has 2 heterocycles. The van der Waals surface area contributed by atoms with Crippen LogP contribution in [0.3, 0.4) is 0 Å². The lowest BCUT2D eigenvalue weighted by Crippen LogP contribution is -2.44. The average Bonchev–Trinajstić information content (AvgIpc) is 3.41. The Morgan fingerprint density at radius 3 is 2.50 bits per heavy atom. The van der Waals surface area contributed by atoms with E-state index in [1.807, 2.05) is 18.7 Å². The van der Waals surface area contributed by atoms with Gasteiger partial charge in [-0.2, -0.15) is 4.68 Å². The Morgan fingerprint density at radius 2 is 1.96 bits per heavy atom. The number of nitrogens with zero attached hydrogens (tertiary/aromatic N) is 3. The number of benzene rings is 1. The van der Waals surface area contributed by atoms with Gasteiger partial charge in [-0.05, 0) is 45.1 Å². The first-order valence-electron chi connectivity index (χ1n) is 9.63. The van der Waals surface area contributed by atoms with Crippen LogP contribution >= 0.6 is 0 Å². The van der Waals surface area contributed by atoms with Crippen molar-refractivity contribution in [3.8, 4) is 5.75 Å². The molecule has 0 radical (unpaired) electrons. The highest BCUT2D eigenvalue weighted by Crippen LogP contribution is 2.44. The summed E-state index contributed by atoms with van der Waals surface area (Å²) >= 11 is 0. The summed E-state index contributed by atoms with van der Waals surface area (Å²) in [7, 11) is 1.43. The minimum Gasteiger partial charge on any atom is -0.492 e. The normalized spacial score (nSPS) is 23.4. The molecule has 4 N–H and O–H groups in total. The molecule has 2 fully saturated rings. The molecule has 1 aliphatic carbocycles. The summed E-state index contributed by atoms with van der Waals surface area (Å²) < 4.78 is 22.9. The zero-order chi connectivity index (χ0) is 20.3. The monoisotopic (exact) mass is 391 g/mol. The number of fused-ring (bicyclic) bond motifs is 1. The van der Waals surface area contributed by atoms with Crippen molar-refractivity contribution in [3.63, 3.8) is 0 Å². The van der Waals surface area contributed by atoms with E-state index >= 15 is 4.39 Å². The lowest BCUT2D eigenvalue weighted by Gasteiger charge is -2.30. The lowest BCUT2D eigenvalue weighted by atomic mass is 9.94. The van der Waals surface area contributed by atoms with E-state index in [-0.39, 0.29) is 40.9 Å². The number of anilines is 1. The van der Waals surface area contributed by atoms with Crippen LogP contribution in [0.15, 0.2) is 15.7 Å². The van der Waals surface area contributed by atoms with Crippen LogP contribution in [0.4, 0.5) is 10.1 Å². The molecular formula is C19H26FN5O3. The second kappa shape index (κ2) is 6.51. The molecule has 152 valence electrons. The van der Waals surface area contributed by atoms with Gasteiger partial charge in [0.2, 0.25) is 0 Å². The molecule has 3 unspecified atom stereocenters. The first-order chi connectivity index (χ1) is 13.3. The highest BCUT2D eigenvalue weighted by Gasteiger charge is 2.38. The Bertz CT molecular complexity index is 1060. The van der Waals surface area contributed by atoms with Crippen LogP contribution in [-0.2, 0) is 0 Å². The van der Waals surface area contributed by atoms with Gasteiger partial charge in [0, 0.05) is 24.7 Å². The Morgan fingerprint density at radius 1 is 1.29 bits per heavy atom. The number of aromatic nitrogens is 2. The number of ether oxygens (including phenoxy) is 1. The summed E-state index contributed by atoms with van der Waals surface area (Å²) in [5.74, 6) is 5.52. The maximum absolute atomic E-state index is 15.3. The standard InChI is InChI=1S/C19H26FN5O3/c1-9(21)12-6-7-23(10(12)2)16-14(20)8-13-15(17(16)28-3)24(11-4-5-11)19(27)25(22)18(13)26/h8-12H,4-7,21-22H2,1-3H3. The minimum atomic E-state index is -0.733. The number of hydrogen-bond donors (Lipinski definition) is 2. The highest BCUT2D eigenvalue weighted by atomic mass is 19.1. The molecule has 1 aromatic heterocycles. The zero-order valence-corrected chi connectivity index (χ0v) is 16.3. The average molecular weight is 391 g/mol. The van der Waals surface area contributed by atoms with E-state index < -0.39 is 17.1 Å². The van der Waals surface area contributed by atoms with Crippen molar-refractivity contribution in [2.24, 2.45) is 11.7 Å². The molecule has 0 amide bonds. The number of methoxy groups -OCH3 is 1. The van der Waals surface area contributed by atoms with Crippen LogP contribution in [0.25, 0.3) is 10.9 Å². The van der Waals surface area contributed by atoms with Crippen molar-refractivity contribution < 1.29 is 9.13 Å². The van der Waals surface area contributed by atoms with Gasteiger partial charge in [0.25, 0.3) is 5.56 Å². The molecule has 4 rings (SSSR count). The molecule has 8 nitrogen and oxygen atoms in total. The van der Waals surface area contributed by atoms with Crippen molar-refractivity contribution in [1.29, 1.82) is 0 Å². The Kier molecular flexibility index (Phi) is 4.37. The third kappa shape index (κ3) is 2.60. The summed E-state index contributed by atoms with van der Waals surface area (Å²) in [6.45, 7) is 4.58. The van der Waals surface area contributed by atoms with Gasteiger partial charge in [-0.15, -0.1) is 0 Å². The van der Waals surface area contributed by atoms with E-state index in [0.29, 0.717) is 16.7 Å². The molecule has 28 heavy (non-hydrogen) atoms. The smallest absolute Gasteiger partial charge is 0.350 e. The highest BCUT2D eigenvalue weighted by molar-refractivity contribution is 5.91. The van der Waals surface area contributed by atoms with Crippen LogP contribution < -0.4 is 32.5 Å². The molecule has 9 heteroatoms. The Hall–Kier alpha value is -2.55. The SMILES string of the molecule is COc1c(N2CCC(C(C)N)C2C)c(F)cc2c(=O)n(N)c(=O)n(C3CC3)c12. The van der Waals surface area contributed by atoms with E-state index in [0.717, 1.165) is 19.3 Å². The predicted molar refractivity (Wildman–Crippen MR) is 106 cm³/mol. The summed E-state index contributed by atoms with van der Waals surface area (Å²) in [5.41, 5.74) is 5.34. The van der Waals surface area contributed by atoms with Gasteiger partial charge < -0.3 is 21.2 Å². The van der Waals surface area contributed by atoms with Crippen molar-refractivity contribution in [2.45, 2.75) is 51.2 Å². The van der Waals surface area contributed by atoms with Gasteiger partial charge in [-0.3, -0.25) is 9.36 Å². The third-order valence-corrected chi connectivity index (χ3v) is 6.18. The van der Waals surface area contributed by atoms with Crippen LogP contribution in [0, 0.1) is 11.7 Å². The van der Waals surface area contributed by atoms with Crippen LogP contribution in [-0.4, -0.2) is 35.0 Å². The second-order valence-corrected chi connectivity index (χ2v) is 7.94. The number of nitrogens with two attached hydrogens (primary N) is 2. The molecule has 0 bridgehead atoms. The Balaban J connectivity index is 2.03. The topological polar surface area (TPSA) is 109 Å².